The summed E-state index contributed by atoms with van der Waals surface area (Å²) in [6.07, 6.45) is 2.74. The van der Waals surface area contributed by atoms with E-state index >= 15 is 0 Å². The van der Waals surface area contributed by atoms with Crippen LogP contribution in [-0.4, -0.2) is 19.8 Å². The fourth-order valence-electron chi connectivity index (χ4n) is 1.35. The second-order valence-corrected chi connectivity index (χ2v) is 6.13. The van der Waals surface area contributed by atoms with Crippen LogP contribution in [0.5, 0.6) is 0 Å². The summed E-state index contributed by atoms with van der Waals surface area (Å²) in [5, 5.41) is 24.4. The van der Waals surface area contributed by atoms with Gasteiger partial charge in [-0.3, -0.25) is 14.8 Å². The van der Waals surface area contributed by atoms with Crippen molar-refractivity contribution in [3.8, 4) is 0 Å². The molecule has 0 radical (unpaired) electrons. The maximum absolute atomic E-state index is 10.9. The first-order valence-corrected chi connectivity index (χ1v) is 6.73. The average Bonchev–Trinajstić information content (AvgIpc) is 2.85. The minimum absolute atomic E-state index is 0.0322. The molecule has 0 aromatic carbocycles. The fraction of sp³-hybridized carbons (Fsp3) is 0.300. The van der Waals surface area contributed by atoms with Crippen LogP contribution in [0.25, 0.3) is 0 Å². The molecule has 2 aromatic rings. The van der Waals surface area contributed by atoms with Gasteiger partial charge in [0.25, 0.3) is 5.69 Å². The summed E-state index contributed by atoms with van der Waals surface area (Å²) in [5.74, 6) is 0. The monoisotopic (exact) mass is 285 g/mol. The second-order valence-electron chi connectivity index (χ2n) is 3.71. The summed E-state index contributed by atoms with van der Waals surface area (Å²) in [7, 11) is 1.79. The number of aliphatic hydroxyl groups is 1. The molecule has 8 heteroatoms. The minimum atomic E-state index is -0.697. The normalized spacial score (nSPS) is 12.6. The van der Waals surface area contributed by atoms with Crippen LogP contribution in [0.1, 0.15) is 17.9 Å². The van der Waals surface area contributed by atoms with Crippen molar-refractivity contribution in [3.63, 3.8) is 0 Å². The van der Waals surface area contributed by atoms with Gasteiger partial charge in [0.2, 0.25) is 0 Å². The number of rotatable bonds is 4. The zero-order chi connectivity index (χ0) is 13.3. The molecule has 0 aliphatic carbocycles. The smallest absolute Gasteiger partial charge is 0.294 e. The van der Waals surface area contributed by atoms with Gasteiger partial charge in [0, 0.05) is 24.2 Å². The number of aromatic nitrogens is 2. The third-order valence-electron chi connectivity index (χ3n) is 2.20. The Hall–Kier alpha value is -1.38. The summed E-state index contributed by atoms with van der Waals surface area (Å²) < 4.78 is 2.20. The maximum atomic E-state index is 10.9. The number of aryl methyl sites for hydroxylation is 1. The highest BCUT2D eigenvalue weighted by atomic mass is 32.2. The van der Waals surface area contributed by atoms with Crippen LogP contribution >= 0.6 is 23.1 Å². The van der Waals surface area contributed by atoms with E-state index in [0.29, 0.717) is 9.09 Å². The molecule has 0 aliphatic rings. The van der Waals surface area contributed by atoms with Crippen LogP contribution in [0, 0.1) is 10.1 Å². The second kappa shape index (κ2) is 5.09. The van der Waals surface area contributed by atoms with Crippen LogP contribution in [0.4, 0.5) is 5.69 Å². The number of aliphatic hydroxyl groups excluding tert-OH is 1. The standard InChI is InChI=1S/C10H11N3O3S2/c1-6(14)9-3-8(13(15)16)10(18-9)17-7-4-11-12(2)5-7/h3-6,14H,1-2H3/t6-/m1/s1. The molecule has 0 spiro atoms. The van der Waals surface area contributed by atoms with Crippen LogP contribution in [0.3, 0.4) is 0 Å². The first-order valence-electron chi connectivity index (χ1n) is 5.10. The zero-order valence-corrected chi connectivity index (χ0v) is 11.4. The van der Waals surface area contributed by atoms with E-state index in [1.807, 2.05) is 0 Å². The molecule has 96 valence electrons. The van der Waals surface area contributed by atoms with E-state index in [1.165, 1.54) is 29.2 Å². The molecule has 1 atom stereocenters. The highest BCUT2D eigenvalue weighted by Crippen LogP contribution is 2.42. The topological polar surface area (TPSA) is 81.2 Å². The van der Waals surface area contributed by atoms with E-state index in [9.17, 15) is 15.2 Å². The van der Waals surface area contributed by atoms with Crippen LogP contribution in [-0.2, 0) is 7.05 Å². The van der Waals surface area contributed by atoms with Crippen LogP contribution in [0.2, 0.25) is 0 Å². The Morgan fingerprint density at radius 1 is 1.67 bits per heavy atom. The number of thiophene rings is 1. The number of hydrogen-bond acceptors (Lipinski definition) is 6. The third kappa shape index (κ3) is 2.71. The highest BCUT2D eigenvalue weighted by Gasteiger charge is 2.22. The fourth-order valence-corrected chi connectivity index (χ4v) is 3.64. The Bertz CT molecular complexity index is 577. The summed E-state index contributed by atoms with van der Waals surface area (Å²) in [5.41, 5.74) is 0.0322. The first-order chi connectivity index (χ1) is 8.47. The predicted molar refractivity (Wildman–Crippen MR) is 68.9 cm³/mol. The van der Waals surface area contributed by atoms with Crippen molar-refractivity contribution in [2.24, 2.45) is 7.05 Å². The number of nitrogens with zero attached hydrogens (tertiary/aromatic N) is 3. The molecule has 6 nitrogen and oxygen atoms in total. The lowest BCUT2D eigenvalue weighted by atomic mass is 10.3. The van der Waals surface area contributed by atoms with Gasteiger partial charge < -0.3 is 5.11 Å². The summed E-state index contributed by atoms with van der Waals surface area (Å²) >= 11 is 2.52. The minimum Gasteiger partial charge on any atom is -0.388 e. The highest BCUT2D eigenvalue weighted by molar-refractivity contribution is 8.01. The van der Waals surface area contributed by atoms with Gasteiger partial charge in [0.05, 0.1) is 22.1 Å². The van der Waals surface area contributed by atoms with Crippen molar-refractivity contribution in [3.05, 3.63) is 33.5 Å². The Balaban J connectivity index is 2.33. The molecule has 2 aromatic heterocycles. The summed E-state index contributed by atoms with van der Waals surface area (Å²) in [6, 6.07) is 1.42. The van der Waals surface area contributed by atoms with Crippen LogP contribution < -0.4 is 0 Å². The lowest BCUT2D eigenvalue weighted by molar-refractivity contribution is -0.387. The van der Waals surface area contributed by atoms with Gasteiger partial charge in [-0.2, -0.15) is 5.10 Å². The van der Waals surface area contributed by atoms with Gasteiger partial charge in [-0.15, -0.1) is 11.3 Å². The van der Waals surface area contributed by atoms with E-state index in [1.54, 1.807) is 31.0 Å². The van der Waals surface area contributed by atoms with Crippen molar-refractivity contribution in [1.82, 2.24) is 9.78 Å². The molecule has 1 N–H and O–H groups in total. The third-order valence-corrected chi connectivity index (χ3v) is 4.63. The molecule has 2 rings (SSSR count). The van der Waals surface area contributed by atoms with Crippen molar-refractivity contribution in [2.75, 3.05) is 0 Å². The molecule has 0 saturated heterocycles. The molecule has 0 fully saturated rings. The Kier molecular flexibility index (Phi) is 3.69. The van der Waals surface area contributed by atoms with Gasteiger partial charge in [-0.05, 0) is 6.92 Å². The Morgan fingerprint density at radius 2 is 2.39 bits per heavy atom. The zero-order valence-electron chi connectivity index (χ0n) is 9.73. The molecule has 0 bridgehead atoms. The van der Waals surface area contributed by atoms with Crippen LogP contribution in [0.15, 0.2) is 27.6 Å². The van der Waals surface area contributed by atoms with E-state index < -0.39 is 11.0 Å². The first kappa shape index (κ1) is 13.1. The molecule has 0 saturated carbocycles. The van der Waals surface area contributed by atoms with Crippen molar-refractivity contribution < 1.29 is 10.0 Å². The van der Waals surface area contributed by atoms with Gasteiger partial charge in [0.1, 0.15) is 4.21 Å². The number of nitro groups is 1. The van der Waals surface area contributed by atoms with E-state index in [4.69, 9.17) is 0 Å². The van der Waals surface area contributed by atoms with Gasteiger partial charge in [-0.25, -0.2) is 0 Å². The lowest BCUT2D eigenvalue weighted by Crippen LogP contribution is -1.87. The van der Waals surface area contributed by atoms with Crippen molar-refractivity contribution in [1.29, 1.82) is 0 Å². The summed E-state index contributed by atoms with van der Waals surface area (Å²) in [6.45, 7) is 1.59. The summed E-state index contributed by atoms with van der Waals surface area (Å²) in [4.78, 5) is 11.9. The molecule has 2 heterocycles. The lowest BCUT2D eigenvalue weighted by Gasteiger charge is -1.96. The van der Waals surface area contributed by atoms with E-state index in [-0.39, 0.29) is 5.69 Å². The number of hydrogen-bond donors (Lipinski definition) is 1. The van der Waals surface area contributed by atoms with Crippen molar-refractivity contribution in [2.45, 2.75) is 22.1 Å². The SMILES string of the molecule is C[C@@H](O)c1cc([N+](=O)[O-])c(Sc2cnn(C)c2)s1. The molecule has 0 unspecified atom stereocenters. The molecule has 0 amide bonds. The molecular weight excluding hydrogens is 274 g/mol. The Labute approximate surface area is 111 Å². The van der Waals surface area contributed by atoms with Gasteiger partial charge in [-0.1, -0.05) is 11.8 Å². The molecule has 18 heavy (non-hydrogen) atoms. The average molecular weight is 285 g/mol. The predicted octanol–water partition coefficient (Wildman–Crippen LogP) is 2.59. The maximum Gasteiger partial charge on any atom is 0.294 e. The van der Waals surface area contributed by atoms with Gasteiger partial charge >= 0.3 is 0 Å². The van der Waals surface area contributed by atoms with Gasteiger partial charge in [0.15, 0.2) is 0 Å². The van der Waals surface area contributed by atoms with E-state index in [0.717, 1.165) is 4.90 Å². The molecule has 0 aliphatic heterocycles. The largest absolute Gasteiger partial charge is 0.388 e. The Morgan fingerprint density at radius 3 is 2.89 bits per heavy atom. The van der Waals surface area contributed by atoms with Crippen molar-refractivity contribution >= 4 is 28.8 Å². The molecular formula is C10H11N3O3S2. The quantitative estimate of drug-likeness (QED) is 0.689. The van der Waals surface area contributed by atoms with E-state index in [2.05, 4.69) is 5.10 Å².